The summed E-state index contributed by atoms with van der Waals surface area (Å²) in [4.78, 5) is 16.4. The minimum absolute atomic E-state index is 0.102. The van der Waals surface area contributed by atoms with Gasteiger partial charge in [0.2, 0.25) is 15.9 Å². The molecule has 0 aliphatic carbocycles. The van der Waals surface area contributed by atoms with E-state index < -0.39 is 32.7 Å². The molecule has 6 nitrogen and oxygen atoms in total. The van der Waals surface area contributed by atoms with Gasteiger partial charge in [0.15, 0.2) is 5.13 Å². The van der Waals surface area contributed by atoms with Crippen molar-refractivity contribution in [3.8, 4) is 0 Å². The number of thiazole rings is 1. The van der Waals surface area contributed by atoms with Crippen molar-refractivity contribution in [1.82, 2.24) is 9.71 Å². The Kier molecular flexibility index (Phi) is 6.18. The van der Waals surface area contributed by atoms with Crippen LogP contribution in [0.2, 0.25) is 0 Å². The van der Waals surface area contributed by atoms with Gasteiger partial charge in [-0.15, -0.1) is 11.3 Å². The second-order valence-corrected chi connectivity index (χ2v) is 8.62. The van der Waals surface area contributed by atoms with Gasteiger partial charge in [-0.25, -0.2) is 17.8 Å². The first kappa shape index (κ1) is 20.1. The maximum atomic E-state index is 14.0. The van der Waals surface area contributed by atoms with Crippen molar-refractivity contribution in [2.75, 3.05) is 5.32 Å². The number of hydrogen-bond donors (Lipinski definition) is 2. The molecule has 1 aromatic heterocycles. The molecule has 28 heavy (non-hydrogen) atoms. The normalized spacial score (nSPS) is 12.5. The van der Waals surface area contributed by atoms with Gasteiger partial charge in [-0.1, -0.05) is 42.5 Å². The fourth-order valence-electron chi connectivity index (χ4n) is 2.56. The highest BCUT2D eigenvalue weighted by Gasteiger charge is 2.28. The van der Waals surface area contributed by atoms with Gasteiger partial charge >= 0.3 is 0 Å². The van der Waals surface area contributed by atoms with Gasteiger partial charge in [0.25, 0.3) is 0 Å². The van der Waals surface area contributed by atoms with Crippen LogP contribution in [0.4, 0.5) is 9.52 Å². The Morgan fingerprint density at radius 2 is 1.82 bits per heavy atom. The average molecular weight is 420 g/mol. The molecule has 0 saturated carbocycles. The molecule has 146 valence electrons. The highest BCUT2D eigenvalue weighted by molar-refractivity contribution is 7.89. The molecule has 0 aliphatic heterocycles. The van der Waals surface area contributed by atoms with Gasteiger partial charge in [-0.3, -0.25) is 4.79 Å². The topological polar surface area (TPSA) is 88.2 Å². The number of rotatable bonds is 7. The third-order valence-corrected chi connectivity index (χ3v) is 6.25. The van der Waals surface area contributed by atoms with Crippen molar-refractivity contribution in [2.24, 2.45) is 0 Å². The van der Waals surface area contributed by atoms with Gasteiger partial charge in [-0.05, 0) is 31.0 Å². The van der Waals surface area contributed by atoms with E-state index in [1.165, 1.54) is 23.5 Å². The summed E-state index contributed by atoms with van der Waals surface area (Å²) in [7, 11) is -4.25. The summed E-state index contributed by atoms with van der Waals surface area (Å²) in [6.45, 7) is 1.79. The number of sulfonamides is 1. The summed E-state index contributed by atoms with van der Waals surface area (Å²) in [6.07, 6.45) is 0.102. The third kappa shape index (κ3) is 5.00. The van der Waals surface area contributed by atoms with Crippen molar-refractivity contribution in [2.45, 2.75) is 24.3 Å². The highest BCUT2D eigenvalue weighted by atomic mass is 32.2. The number of aryl methyl sites for hydroxylation is 1. The first-order chi connectivity index (χ1) is 13.3. The number of hydrogen-bond acceptors (Lipinski definition) is 5. The first-order valence-electron chi connectivity index (χ1n) is 8.39. The van der Waals surface area contributed by atoms with E-state index in [0.29, 0.717) is 5.13 Å². The van der Waals surface area contributed by atoms with Gasteiger partial charge in [0, 0.05) is 5.38 Å². The molecule has 3 aromatic rings. The van der Waals surface area contributed by atoms with Crippen LogP contribution in [0.1, 0.15) is 11.3 Å². The number of halogens is 1. The number of benzene rings is 2. The fraction of sp³-hybridized carbons (Fsp3) is 0.158. The summed E-state index contributed by atoms with van der Waals surface area (Å²) in [5, 5.41) is 4.76. The van der Waals surface area contributed by atoms with Crippen LogP contribution in [0.25, 0.3) is 0 Å². The first-order valence-corrected chi connectivity index (χ1v) is 10.8. The number of carbonyl (C=O) groups excluding carboxylic acids is 1. The molecule has 2 aromatic carbocycles. The summed E-state index contributed by atoms with van der Waals surface area (Å²) < 4.78 is 41.6. The lowest BCUT2D eigenvalue weighted by Crippen LogP contribution is -2.45. The van der Waals surface area contributed by atoms with E-state index in [2.05, 4.69) is 15.0 Å². The quantitative estimate of drug-likeness (QED) is 0.616. The molecule has 1 heterocycles. The van der Waals surface area contributed by atoms with E-state index in [1.807, 2.05) is 6.07 Å². The van der Waals surface area contributed by atoms with Crippen molar-refractivity contribution in [3.05, 3.63) is 77.1 Å². The molecule has 0 radical (unpaired) electrons. The van der Waals surface area contributed by atoms with Crippen molar-refractivity contribution in [1.29, 1.82) is 0 Å². The maximum absolute atomic E-state index is 14.0. The molecule has 1 amide bonds. The second kappa shape index (κ2) is 8.59. The number of nitrogens with one attached hydrogen (secondary N) is 2. The predicted molar refractivity (Wildman–Crippen MR) is 106 cm³/mol. The Morgan fingerprint density at radius 3 is 2.46 bits per heavy atom. The SMILES string of the molecule is Cc1csc(NC(=O)C(Cc2ccccc2)NS(=O)(=O)c2ccccc2F)n1. The molecule has 0 bridgehead atoms. The minimum atomic E-state index is -4.25. The standard InChI is InChI=1S/C19H18FN3O3S2/c1-13-12-27-19(21-13)22-18(24)16(11-14-7-3-2-4-8-14)23-28(25,26)17-10-6-5-9-15(17)20/h2-10,12,16,23H,11H2,1H3,(H,21,22,24). The van der Waals surface area contributed by atoms with Crippen LogP contribution in [-0.4, -0.2) is 25.4 Å². The van der Waals surface area contributed by atoms with Crippen LogP contribution < -0.4 is 10.0 Å². The van der Waals surface area contributed by atoms with Crippen LogP contribution in [0.3, 0.4) is 0 Å². The molecular formula is C19H18FN3O3S2. The zero-order valence-electron chi connectivity index (χ0n) is 14.9. The van der Waals surface area contributed by atoms with E-state index in [0.717, 1.165) is 23.4 Å². The average Bonchev–Trinajstić information content (AvgIpc) is 3.07. The van der Waals surface area contributed by atoms with Gasteiger partial charge in [0.1, 0.15) is 16.8 Å². The van der Waals surface area contributed by atoms with Crippen molar-refractivity contribution >= 4 is 32.4 Å². The molecule has 0 aliphatic rings. The third-order valence-electron chi connectivity index (χ3n) is 3.87. The van der Waals surface area contributed by atoms with E-state index in [-0.39, 0.29) is 6.42 Å². The number of aromatic nitrogens is 1. The predicted octanol–water partition coefficient (Wildman–Crippen LogP) is 3.12. The Bertz CT molecular complexity index is 1070. The molecule has 0 fully saturated rings. The van der Waals surface area contributed by atoms with E-state index >= 15 is 0 Å². The smallest absolute Gasteiger partial charge is 0.244 e. The molecular weight excluding hydrogens is 401 g/mol. The molecule has 1 unspecified atom stereocenters. The summed E-state index contributed by atoms with van der Waals surface area (Å²) in [5.41, 5.74) is 1.50. The summed E-state index contributed by atoms with van der Waals surface area (Å²) in [6, 6.07) is 12.8. The fourth-order valence-corrected chi connectivity index (χ4v) is 4.52. The zero-order chi connectivity index (χ0) is 20.1. The minimum Gasteiger partial charge on any atom is -0.301 e. The highest BCUT2D eigenvalue weighted by Crippen LogP contribution is 2.18. The Labute approximate surface area is 166 Å². The summed E-state index contributed by atoms with van der Waals surface area (Å²) in [5.74, 6) is -1.46. The Morgan fingerprint density at radius 1 is 1.14 bits per heavy atom. The maximum Gasteiger partial charge on any atom is 0.244 e. The van der Waals surface area contributed by atoms with Gasteiger partial charge in [-0.2, -0.15) is 4.72 Å². The lowest BCUT2D eigenvalue weighted by atomic mass is 10.1. The molecule has 0 spiro atoms. The molecule has 0 saturated heterocycles. The summed E-state index contributed by atoms with van der Waals surface area (Å²) >= 11 is 1.24. The van der Waals surface area contributed by atoms with E-state index in [4.69, 9.17) is 0 Å². The molecule has 1 atom stereocenters. The largest absolute Gasteiger partial charge is 0.301 e. The number of carbonyl (C=O) groups is 1. The molecule has 3 rings (SSSR count). The van der Waals surface area contributed by atoms with Gasteiger partial charge in [0.05, 0.1) is 5.69 Å². The monoisotopic (exact) mass is 419 g/mol. The van der Waals surface area contributed by atoms with Crippen LogP contribution in [0.15, 0.2) is 64.9 Å². The van der Waals surface area contributed by atoms with Crippen LogP contribution in [0.5, 0.6) is 0 Å². The molecule has 9 heteroatoms. The zero-order valence-corrected chi connectivity index (χ0v) is 16.6. The van der Waals surface area contributed by atoms with Crippen molar-refractivity contribution < 1.29 is 17.6 Å². The number of amides is 1. The number of anilines is 1. The Hall–Kier alpha value is -2.62. The molecule has 2 N–H and O–H groups in total. The van der Waals surface area contributed by atoms with E-state index in [1.54, 1.807) is 36.6 Å². The Balaban J connectivity index is 1.87. The van der Waals surface area contributed by atoms with Crippen LogP contribution in [0, 0.1) is 12.7 Å². The van der Waals surface area contributed by atoms with Crippen LogP contribution in [-0.2, 0) is 21.2 Å². The van der Waals surface area contributed by atoms with Gasteiger partial charge < -0.3 is 5.32 Å². The van der Waals surface area contributed by atoms with Crippen molar-refractivity contribution in [3.63, 3.8) is 0 Å². The van der Waals surface area contributed by atoms with E-state index in [9.17, 15) is 17.6 Å². The van der Waals surface area contributed by atoms with Crippen LogP contribution >= 0.6 is 11.3 Å². The number of nitrogens with zero attached hydrogens (tertiary/aromatic N) is 1. The lowest BCUT2D eigenvalue weighted by Gasteiger charge is -2.18. The second-order valence-electron chi connectivity index (χ2n) is 6.08. The lowest BCUT2D eigenvalue weighted by molar-refractivity contribution is -0.117.